The molecule has 0 saturated carbocycles. The molecule has 1 aromatic carbocycles. The Hall–Kier alpha value is -2.37. The lowest BCUT2D eigenvalue weighted by molar-refractivity contribution is 0.0781. The van der Waals surface area contributed by atoms with Crippen LogP contribution < -0.4 is 5.32 Å². The van der Waals surface area contributed by atoms with Crippen molar-refractivity contribution in [3.63, 3.8) is 0 Å². The summed E-state index contributed by atoms with van der Waals surface area (Å²) in [6.07, 6.45) is 0. The molecular weight excluding hydrogens is 242 g/mol. The van der Waals surface area contributed by atoms with Crippen molar-refractivity contribution in [3.8, 4) is 0 Å². The summed E-state index contributed by atoms with van der Waals surface area (Å²) in [5.74, 6) is 1.31. The van der Waals surface area contributed by atoms with Gasteiger partial charge in [0.25, 0.3) is 5.91 Å². The Morgan fingerprint density at radius 2 is 2.05 bits per heavy atom. The molecular formula is C13H17N5O. The molecule has 2 rings (SSSR count). The van der Waals surface area contributed by atoms with Crippen molar-refractivity contribution in [2.75, 3.05) is 19.4 Å². The van der Waals surface area contributed by atoms with Crippen LogP contribution in [0.1, 0.15) is 22.0 Å². The molecule has 0 unspecified atom stereocenters. The first-order valence-electron chi connectivity index (χ1n) is 6.01. The van der Waals surface area contributed by atoms with E-state index in [9.17, 15) is 4.79 Å². The number of amides is 1. The maximum atomic E-state index is 12.2. The number of nitrogens with zero attached hydrogens (tertiary/aromatic N) is 3. The van der Waals surface area contributed by atoms with E-state index in [1.807, 2.05) is 26.1 Å². The van der Waals surface area contributed by atoms with Crippen molar-refractivity contribution in [2.24, 2.45) is 0 Å². The standard InChI is InChI=1S/C13H17N5O/c1-9-15-12(17-16-9)8-18(3)13(19)10-4-6-11(14-2)7-5-10/h4-7,14H,8H2,1-3H3,(H,15,16,17). The molecule has 0 fully saturated rings. The van der Waals surface area contributed by atoms with E-state index in [0.717, 1.165) is 11.5 Å². The second-order valence-corrected chi connectivity index (χ2v) is 4.33. The van der Waals surface area contributed by atoms with Crippen molar-refractivity contribution in [1.82, 2.24) is 20.1 Å². The Morgan fingerprint density at radius 3 is 2.58 bits per heavy atom. The maximum Gasteiger partial charge on any atom is 0.254 e. The van der Waals surface area contributed by atoms with E-state index < -0.39 is 0 Å². The third-order valence-corrected chi connectivity index (χ3v) is 2.79. The van der Waals surface area contributed by atoms with E-state index in [2.05, 4.69) is 20.5 Å². The fourth-order valence-corrected chi connectivity index (χ4v) is 1.74. The minimum atomic E-state index is -0.0508. The molecule has 2 N–H and O–H groups in total. The van der Waals surface area contributed by atoms with E-state index in [4.69, 9.17) is 0 Å². The number of carbonyl (C=O) groups is 1. The Kier molecular flexibility index (Phi) is 3.79. The average Bonchev–Trinajstić information content (AvgIpc) is 2.83. The van der Waals surface area contributed by atoms with Crippen molar-refractivity contribution < 1.29 is 4.79 Å². The third-order valence-electron chi connectivity index (χ3n) is 2.79. The van der Waals surface area contributed by atoms with E-state index >= 15 is 0 Å². The lowest BCUT2D eigenvalue weighted by Gasteiger charge is -2.15. The number of carbonyl (C=O) groups excluding carboxylic acids is 1. The molecule has 0 spiro atoms. The summed E-state index contributed by atoms with van der Waals surface area (Å²) < 4.78 is 0. The molecule has 0 aliphatic carbocycles. The first-order valence-corrected chi connectivity index (χ1v) is 6.01. The largest absolute Gasteiger partial charge is 0.388 e. The highest BCUT2D eigenvalue weighted by Crippen LogP contribution is 2.11. The Bertz CT molecular complexity index is 561. The second-order valence-electron chi connectivity index (χ2n) is 4.33. The molecule has 100 valence electrons. The number of benzene rings is 1. The van der Waals surface area contributed by atoms with Gasteiger partial charge in [0.1, 0.15) is 5.82 Å². The first kappa shape index (κ1) is 13.1. The van der Waals surface area contributed by atoms with E-state index in [1.165, 1.54) is 0 Å². The van der Waals surface area contributed by atoms with Gasteiger partial charge in [-0.1, -0.05) is 0 Å². The van der Waals surface area contributed by atoms with Crippen LogP contribution >= 0.6 is 0 Å². The number of hydrogen-bond donors (Lipinski definition) is 2. The van der Waals surface area contributed by atoms with Crippen LogP contribution in [0.15, 0.2) is 24.3 Å². The number of nitrogens with one attached hydrogen (secondary N) is 2. The normalized spacial score (nSPS) is 10.3. The fraction of sp³-hybridized carbons (Fsp3) is 0.308. The fourth-order valence-electron chi connectivity index (χ4n) is 1.74. The lowest BCUT2D eigenvalue weighted by atomic mass is 10.2. The summed E-state index contributed by atoms with van der Waals surface area (Å²) >= 11 is 0. The zero-order valence-electron chi connectivity index (χ0n) is 11.3. The van der Waals surface area contributed by atoms with Crippen LogP contribution in [0.4, 0.5) is 5.69 Å². The molecule has 0 saturated heterocycles. The number of H-pyrrole nitrogens is 1. The average molecular weight is 259 g/mol. The predicted molar refractivity (Wildman–Crippen MR) is 72.9 cm³/mol. The Labute approximate surface area is 111 Å². The maximum absolute atomic E-state index is 12.2. The molecule has 0 aliphatic heterocycles. The number of aryl methyl sites for hydroxylation is 1. The molecule has 1 heterocycles. The molecule has 0 atom stereocenters. The molecule has 6 heteroatoms. The molecule has 0 aliphatic rings. The molecule has 1 aromatic heterocycles. The summed E-state index contributed by atoms with van der Waals surface area (Å²) in [5.41, 5.74) is 1.62. The first-order chi connectivity index (χ1) is 9.10. The van der Waals surface area contributed by atoms with Crippen molar-refractivity contribution in [2.45, 2.75) is 13.5 Å². The van der Waals surface area contributed by atoms with Gasteiger partial charge in [-0.25, -0.2) is 4.98 Å². The quantitative estimate of drug-likeness (QED) is 0.871. The molecule has 1 amide bonds. The van der Waals surface area contributed by atoms with Crippen molar-refractivity contribution >= 4 is 11.6 Å². The van der Waals surface area contributed by atoms with Crippen molar-refractivity contribution in [3.05, 3.63) is 41.5 Å². The van der Waals surface area contributed by atoms with Crippen LogP contribution in [-0.4, -0.2) is 40.1 Å². The number of aromatic amines is 1. The predicted octanol–water partition coefficient (Wildman–Crippen LogP) is 1.43. The van der Waals surface area contributed by atoms with Crippen LogP contribution in [0.25, 0.3) is 0 Å². The summed E-state index contributed by atoms with van der Waals surface area (Å²) in [7, 11) is 3.58. The minimum absolute atomic E-state index is 0.0508. The summed E-state index contributed by atoms with van der Waals surface area (Å²) in [4.78, 5) is 18.0. The van der Waals surface area contributed by atoms with E-state index in [-0.39, 0.29) is 5.91 Å². The second kappa shape index (κ2) is 5.51. The minimum Gasteiger partial charge on any atom is -0.388 e. The van der Waals surface area contributed by atoms with Crippen molar-refractivity contribution in [1.29, 1.82) is 0 Å². The van der Waals surface area contributed by atoms with Crippen LogP contribution in [0, 0.1) is 6.92 Å². The highest BCUT2D eigenvalue weighted by molar-refractivity contribution is 5.94. The molecule has 2 aromatic rings. The van der Waals surface area contributed by atoms with Gasteiger partial charge in [-0.15, -0.1) is 0 Å². The third kappa shape index (κ3) is 3.09. The van der Waals surface area contributed by atoms with Gasteiger partial charge in [-0.2, -0.15) is 5.10 Å². The molecule has 0 bridgehead atoms. The summed E-state index contributed by atoms with van der Waals surface area (Å²) in [5, 5.41) is 9.80. The van der Waals surface area contributed by atoms with Gasteiger partial charge in [0.15, 0.2) is 5.82 Å². The number of rotatable bonds is 4. The monoisotopic (exact) mass is 259 g/mol. The van der Waals surface area contributed by atoms with Gasteiger partial charge in [-0.05, 0) is 31.2 Å². The van der Waals surface area contributed by atoms with E-state index in [1.54, 1.807) is 24.1 Å². The number of hydrogen-bond acceptors (Lipinski definition) is 4. The summed E-state index contributed by atoms with van der Waals surface area (Å²) in [6, 6.07) is 7.35. The smallest absolute Gasteiger partial charge is 0.254 e. The van der Waals surface area contributed by atoms with Crippen LogP contribution in [0.5, 0.6) is 0 Å². The van der Waals surface area contributed by atoms with Gasteiger partial charge in [-0.3, -0.25) is 9.89 Å². The SMILES string of the molecule is CNc1ccc(C(=O)N(C)Cc2n[nH]c(C)n2)cc1. The lowest BCUT2D eigenvalue weighted by Crippen LogP contribution is -2.26. The van der Waals surface area contributed by atoms with Crippen LogP contribution in [0.2, 0.25) is 0 Å². The van der Waals surface area contributed by atoms with Crippen LogP contribution in [-0.2, 0) is 6.54 Å². The summed E-state index contributed by atoms with van der Waals surface area (Å²) in [6.45, 7) is 2.21. The zero-order valence-corrected chi connectivity index (χ0v) is 11.3. The van der Waals surface area contributed by atoms with Crippen LogP contribution in [0.3, 0.4) is 0 Å². The van der Waals surface area contributed by atoms with Gasteiger partial charge >= 0.3 is 0 Å². The molecule has 0 radical (unpaired) electrons. The van der Waals surface area contributed by atoms with Gasteiger partial charge in [0.05, 0.1) is 6.54 Å². The highest BCUT2D eigenvalue weighted by Gasteiger charge is 2.13. The molecule has 6 nitrogen and oxygen atoms in total. The molecule has 19 heavy (non-hydrogen) atoms. The highest BCUT2D eigenvalue weighted by atomic mass is 16.2. The zero-order chi connectivity index (χ0) is 13.8. The van der Waals surface area contributed by atoms with Gasteiger partial charge < -0.3 is 10.2 Å². The van der Waals surface area contributed by atoms with E-state index in [0.29, 0.717) is 17.9 Å². The number of anilines is 1. The van der Waals surface area contributed by atoms with Gasteiger partial charge in [0.2, 0.25) is 0 Å². The Morgan fingerprint density at radius 1 is 1.37 bits per heavy atom. The Balaban J connectivity index is 2.05. The topological polar surface area (TPSA) is 73.9 Å². The van der Waals surface area contributed by atoms with Gasteiger partial charge in [0, 0.05) is 25.3 Å². The number of aromatic nitrogens is 3.